The molecule has 2 aliphatic heterocycles. The zero-order valence-electron chi connectivity index (χ0n) is 23.5. The van der Waals surface area contributed by atoms with Crippen LogP contribution in [0.4, 0.5) is 0 Å². The van der Waals surface area contributed by atoms with Crippen molar-refractivity contribution < 1.29 is 9.90 Å². The van der Waals surface area contributed by atoms with Crippen LogP contribution in [0.25, 0.3) is 11.0 Å². The van der Waals surface area contributed by atoms with Gasteiger partial charge in [0.2, 0.25) is 5.91 Å². The number of carbonyl (C=O) groups excluding carboxylic acids is 1. The zero-order valence-corrected chi connectivity index (χ0v) is 23.5. The highest BCUT2D eigenvalue weighted by Gasteiger charge is 2.40. The average Bonchev–Trinajstić information content (AvgIpc) is 2.99. The largest absolute Gasteiger partial charge is 0.388 e. The summed E-state index contributed by atoms with van der Waals surface area (Å²) in [6.07, 6.45) is 4.68. The van der Waals surface area contributed by atoms with Crippen molar-refractivity contribution in [2.45, 2.75) is 50.8 Å². The minimum absolute atomic E-state index is 0.101. The third-order valence-corrected chi connectivity index (χ3v) is 8.79. The predicted molar refractivity (Wildman–Crippen MR) is 158 cm³/mol. The smallest absolute Gasteiger partial charge is 0.279 e. The minimum atomic E-state index is -1.08. The maximum Gasteiger partial charge on any atom is 0.279 e. The van der Waals surface area contributed by atoms with Crippen LogP contribution >= 0.6 is 0 Å². The third-order valence-electron chi connectivity index (χ3n) is 8.79. The van der Waals surface area contributed by atoms with Gasteiger partial charge in [0, 0.05) is 44.2 Å². The predicted octanol–water partition coefficient (Wildman–Crippen LogP) is 3.76. The Bertz CT molecular complexity index is 1580. The van der Waals surface area contributed by atoms with Crippen LogP contribution in [0.3, 0.4) is 0 Å². The Morgan fingerprint density at radius 3 is 2.59 bits per heavy atom. The van der Waals surface area contributed by atoms with Gasteiger partial charge < -0.3 is 10.0 Å². The zero-order chi connectivity index (χ0) is 28.4. The molecule has 4 heterocycles. The van der Waals surface area contributed by atoms with Crippen LogP contribution in [0.15, 0.2) is 84.0 Å². The molecule has 8 heteroatoms. The van der Waals surface area contributed by atoms with Gasteiger partial charge in [0.25, 0.3) is 5.56 Å². The molecular formula is C33H37N5O3. The number of aromatic nitrogens is 3. The van der Waals surface area contributed by atoms with E-state index in [0.29, 0.717) is 37.0 Å². The van der Waals surface area contributed by atoms with Crippen LogP contribution in [0.5, 0.6) is 0 Å². The molecule has 6 rings (SSSR count). The van der Waals surface area contributed by atoms with Crippen molar-refractivity contribution in [3.05, 3.63) is 106 Å². The average molecular weight is 552 g/mol. The van der Waals surface area contributed by atoms with Gasteiger partial charge in [-0.05, 0) is 56.0 Å². The summed E-state index contributed by atoms with van der Waals surface area (Å²) in [6.45, 7) is 5.77. The lowest BCUT2D eigenvalue weighted by Crippen LogP contribution is -2.53. The number of aryl methyl sites for hydroxylation is 1. The molecule has 0 saturated carbocycles. The minimum Gasteiger partial charge on any atom is -0.388 e. The van der Waals surface area contributed by atoms with Crippen molar-refractivity contribution >= 4 is 16.9 Å². The summed E-state index contributed by atoms with van der Waals surface area (Å²) in [5.74, 6) is 0.179. The Kier molecular flexibility index (Phi) is 7.69. The van der Waals surface area contributed by atoms with Gasteiger partial charge in [0.15, 0.2) is 5.52 Å². The lowest BCUT2D eigenvalue weighted by Gasteiger charge is -2.43. The highest BCUT2D eigenvalue weighted by Crippen LogP contribution is 2.36. The molecule has 41 heavy (non-hydrogen) atoms. The summed E-state index contributed by atoms with van der Waals surface area (Å²) in [5.41, 5.74) is 3.26. The topological polar surface area (TPSA) is 91.6 Å². The number of piperidine rings is 2. The van der Waals surface area contributed by atoms with Gasteiger partial charge in [-0.25, -0.2) is 9.97 Å². The quantitative estimate of drug-likeness (QED) is 0.393. The second-order valence-electron chi connectivity index (χ2n) is 11.7. The number of pyridine rings is 1. The Morgan fingerprint density at radius 1 is 1.00 bits per heavy atom. The van der Waals surface area contributed by atoms with E-state index in [1.54, 1.807) is 18.3 Å². The first-order valence-corrected chi connectivity index (χ1v) is 14.5. The Morgan fingerprint density at radius 2 is 1.80 bits per heavy atom. The van der Waals surface area contributed by atoms with Crippen molar-refractivity contribution in [1.29, 1.82) is 0 Å². The fraction of sp³-hybridized carbons (Fsp3) is 0.394. The van der Waals surface area contributed by atoms with E-state index in [9.17, 15) is 14.7 Å². The van der Waals surface area contributed by atoms with Gasteiger partial charge in [0.1, 0.15) is 0 Å². The summed E-state index contributed by atoms with van der Waals surface area (Å²) < 4.78 is 1.45. The lowest BCUT2D eigenvalue weighted by atomic mass is 9.79. The third kappa shape index (κ3) is 5.94. The van der Waals surface area contributed by atoms with E-state index in [4.69, 9.17) is 0 Å². The molecule has 2 aromatic carbocycles. The fourth-order valence-corrected chi connectivity index (χ4v) is 6.52. The van der Waals surface area contributed by atoms with Crippen LogP contribution in [0.2, 0.25) is 0 Å². The fourth-order valence-electron chi connectivity index (χ4n) is 6.52. The molecule has 2 atom stereocenters. The van der Waals surface area contributed by atoms with Gasteiger partial charge in [0.05, 0.1) is 24.0 Å². The number of benzene rings is 2. The number of rotatable bonds is 6. The van der Waals surface area contributed by atoms with Crippen LogP contribution in [0, 0.1) is 12.8 Å². The first-order valence-electron chi connectivity index (χ1n) is 14.5. The standard InChI is InChI=1S/C33H37N5O3/c1-24-7-5-8-25(19-24)20-36-16-12-27(28(21-36)26-9-3-2-4-10-26)31(39)37-17-13-33(41,14-18-37)22-38-23-35-29-11-6-15-34-30(29)32(38)40/h2-11,15,19,23,27-28,41H,12-14,16-18,20-22H2,1H3/t27-,28+/m1/s1. The van der Waals surface area contributed by atoms with Gasteiger partial charge in [-0.2, -0.15) is 0 Å². The van der Waals surface area contributed by atoms with Gasteiger partial charge in [-0.3, -0.25) is 19.1 Å². The van der Waals surface area contributed by atoms with Crippen LogP contribution in [-0.4, -0.2) is 67.1 Å². The summed E-state index contributed by atoms with van der Waals surface area (Å²) in [4.78, 5) is 39.8. The van der Waals surface area contributed by atoms with Crippen molar-refractivity contribution in [2.24, 2.45) is 5.92 Å². The van der Waals surface area contributed by atoms with Crippen LogP contribution in [0.1, 0.15) is 41.9 Å². The molecule has 0 bridgehead atoms. The van der Waals surface area contributed by atoms with E-state index < -0.39 is 5.60 Å². The molecule has 4 aromatic rings. The molecule has 0 unspecified atom stereocenters. The number of hydrogen-bond acceptors (Lipinski definition) is 6. The summed E-state index contributed by atoms with van der Waals surface area (Å²) in [5, 5.41) is 11.4. The summed E-state index contributed by atoms with van der Waals surface area (Å²) in [6, 6.07) is 22.5. The van der Waals surface area contributed by atoms with Crippen molar-refractivity contribution in [3.8, 4) is 0 Å². The second kappa shape index (κ2) is 11.5. The Labute approximate surface area is 240 Å². The van der Waals surface area contributed by atoms with E-state index in [1.807, 2.05) is 11.0 Å². The summed E-state index contributed by atoms with van der Waals surface area (Å²) in [7, 11) is 0. The number of carbonyl (C=O) groups is 1. The highest BCUT2D eigenvalue weighted by molar-refractivity contribution is 5.80. The maximum atomic E-state index is 14.0. The Hall–Kier alpha value is -3.88. The normalized spacial score (nSPS) is 21.2. The molecule has 0 aliphatic carbocycles. The second-order valence-corrected chi connectivity index (χ2v) is 11.7. The molecule has 0 radical (unpaired) electrons. The monoisotopic (exact) mass is 551 g/mol. The van der Waals surface area contributed by atoms with E-state index in [2.05, 4.69) is 70.3 Å². The number of nitrogens with zero attached hydrogens (tertiary/aromatic N) is 5. The van der Waals surface area contributed by atoms with E-state index in [-0.39, 0.29) is 29.8 Å². The first-order chi connectivity index (χ1) is 19.9. The van der Waals surface area contributed by atoms with Gasteiger partial charge in [-0.15, -0.1) is 0 Å². The van der Waals surface area contributed by atoms with E-state index in [0.717, 1.165) is 26.1 Å². The molecule has 2 saturated heterocycles. The number of likely N-dealkylation sites (tertiary alicyclic amines) is 2. The number of amides is 1. The first kappa shape index (κ1) is 27.3. The van der Waals surface area contributed by atoms with E-state index in [1.165, 1.54) is 27.6 Å². The van der Waals surface area contributed by atoms with Gasteiger partial charge >= 0.3 is 0 Å². The molecule has 2 fully saturated rings. The van der Waals surface area contributed by atoms with Gasteiger partial charge in [-0.1, -0.05) is 60.2 Å². The molecule has 2 aliphatic rings. The number of fused-ring (bicyclic) bond motifs is 1. The Balaban J connectivity index is 1.14. The number of hydrogen-bond donors (Lipinski definition) is 1. The lowest BCUT2D eigenvalue weighted by molar-refractivity contribution is -0.142. The summed E-state index contributed by atoms with van der Waals surface area (Å²) >= 11 is 0. The van der Waals surface area contributed by atoms with Crippen molar-refractivity contribution in [2.75, 3.05) is 26.2 Å². The molecule has 2 aromatic heterocycles. The SMILES string of the molecule is Cc1cccc(CN2CC[C@@H](C(=O)N3CCC(O)(Cn4cnc5cccnc5c4=O)CC3)[C@H](c3ccccc3)C2)c1. The highest BCUT2D eigenvalue weighted by atomic mass is 16.3. The molecule has 0 spiro atoms. The van der Waals surface area contributed by atoms with Crippen molar-refractivity contribution in [3.63, 3.8) is 0 Å². The molecule has 1 amide bonds. The van der Waals surface area contributed by atoms with Crippen molar-refractivity contribution in [1.82, 2.24) is 24.3 Å². The van der Waals surface area contributed by atoms with Crippen LogP contribution < -0.4 is 5.56 Å². The molecule has 8 nitrogen and oxygen atoms in total. The maximum absolute atomic E-state index is 14.0. The number of aliphatic hydroxyl groups is 1. The molecular weight excluding hydrogens is 514 g/mol. The van der Waals surface area contributed by atoms with E-state index >= 15 is 0 Å². The van der Waals surface area contributed by atoms with Crippen LogP contribution in [-0.2, 0) is 17.9 Å². The molecule has 1 N–H and O–H groups in total. The molecule has 212 valence electrons.